The highest BCUT2D eigenvalue weighted by atomic mass is 16.6. The van der Waals surface area contributed by atoms with E-state index >= 15 is 0 Å². The molecule has 2 aromatic rings. The molecule has 1 aliphatic heterocycles. The van der Waals surface area contributed by atoms with E-state index in [0.29, 0.717) is 12.1 Å². The monoisotopic (exact) mass is 326 g/mol. The number of benzene rings is 2. The Bertz CT molecular complexity index is 775. The lowest BCUT2D eigenvalue weighted by molar-refractivity contribution is -0.384. The first-order valence-electron chi connectivity index (χ1n) is 7.79. The van der Waals surface area contributed by atoms with E-state index in [0.717, 1.165) is 24.2 Å². The summed E-state index contributed by atoms with van der Waals surface area (Å²) in [5, 5.41) is 10.9. The van der Waals surface area contributed by atoms with Gasteiger partial charge >= 0.3 is 0 Å². The van der Waals surface area contributed by atoms with Crippen LogP contribution in [-0.4, -0.2) is 29.4 Å². The van der Waals surface area contributed by atoms with E-state index in [4.69, 9.17) is 4.74 Å². The van der Waals surface area contributed by atoms with Crippen molar-refractivity contribution in [3.05, 3.63) is 69.8 Å². The molecule has 0 spiro atoms. The molecular weight excluding hydrogens is 308 g/mol. The van der Waals surface area contributed by atoms with Crippen molar-refractivity contribution in [2.24, 2.45) is 0 Å². The van der Waals surface area contributed by atoms with Gasteiger partial charge in [0.1, 0.15) is 5.75 Å². The lowest BCUT2D eigenvalue weighted by Gasteiger charge is -2.25. The predicted octanol–water partition coefficient (Wildman–Crippen LogP) is 3.58. The molecule has 1 fully saturated rings. The van der Waals surface area contributed by atoms with E-state index in [9.17, 15) is 14.9 Å². The number of likely N-dealkylation sites (tertiary alicyclic amines) is 1. The highest BCUT2D eigenvalue weighted by Crippen LogP contribution is 2.34. The summed E-state index contributed by atoms with van der Waals surface area (Å²) in [7, 11) is 1.61. The van der Waals surface area contributed by atoms with Crippen LogP contribution in [0, 0.1) is 10.1 Å². The molecule has 0 aromatic heterocycles. The average molecular weight is 326 g/mol. The van der Waals surface area contributed by atoms with E-state index in [1.54, 1.807) is 24.1 Å². The van der Waals surface area contributed by atoms with Gasteiger partial charge in [-0.25, -0.2) is 0 Å². The van der Waals surface area contributed by atoms with Gasteiger partial charge in [0.05, 0.1) is 18.1 Å². The minimum absolute atomic E-state index is 0.0353. The van der Waals surface area contributed by atoms with Crippen LogP contribution < -0.4 is 4.74 Å². The van der Waals surface area contributed by atoms with Gasteiger partial charge in [0.15, 0.2) is 0 Å². The van der Waals surface area contributed by atoms with Crippen LogP contribution in [0.1, 0.15) is 34.8 Å². The fraction of sp³-hybridized carbons (Fsp3) is 0.278. The predicted molar refractivity (Wildman–Crippen MR) is 89.1 cm³/mol. The molecule has 6 heteroatoms. The first kappa shape index (κ1) is 16.0. The summed E-state index contributed by atoms with van der Waals surface area (Å²) in [6.45, 7) is 0.642. The van der Waals surface area contributed by atoms with E-state index in [-0.39, 0.29) is 17.6 Å². The molecule has 24 heavy (non-hydrogen) atoms. The lowest BCUT2D eigenvalue weighted by atomic mass is 10.0. The first-order chi connectivity index (χ1) is 11.6. The van der Waals surface area contributed by atoms with E-state index < -0.39 is 4.92 Å². The minimum Gasteiger partial charge on any atom is -0.497 e. The number of hydrogen-bond donors (Lipinski definition) is 0. The summed E-state index contributed by atoms with van der Waals surface area (Å²) in [6, 6.07) is 13.5. The summed E-state index contributed by atoms with van der Waals surface area (Å²) in [4.78, 5) is 25.1. The second-order valence-electron chi connectivity index (χ2n) is 5.74. The molecule has 6 nitrogen and oxygen atoms in total. The third-order valence-corrected chi connectivity index (χ3v) is 4.30. The van der Waals surface area contributed by atoms with Crippen molar-refractivity contribution in [3.63, 3.8) is 0 Å². The number of non-ortho nitro benzene ring substituents is 1. The Kier molecular flexibility index (Phi) is 4.46. The van der Waals surface area contributed by atoms with Crippen molar-refractivity contribution in [3.8, 4) is 5.75 Å². The Morgan fingerprint density at radius 2 is 2.04 bits per heavy atom. The normalized spacial score (nSPS) is 16.9. The molecule has 0 saturated carbocycles. The van der Waals surface area contributed by atoms with Gasteiger partial charge in [-0.15, -0.1) is 0 Å². The van der Waals surface area contributed by atoms with Gasteiger partial charge in [-0.05, 0) is 36.6 Å². The van der Waals surface area contributed by atoms with Gasteiger partial charge in [-0.2, -0.15) is 0 Å². The summed E-state index contributed by atoms with van der Waals surface area (Å²) < 4.78 is 5.26. The van der Waals surface area contributed by atoms with Gasteiger partial charge in [0, 0.05) is 24.2 Å². The molecule has 1 heterocycles. The highest BCUT2D eigenvalue weighted by molar-refractivity contribution is 5.95. The number of nitro groups is 1. The Labute approximate surface area is 139 Å². The summed E-state index contributed by atoms with van der Waals surface area (Å²) in [6.07, 6.45) is 1.77. The summed E-state index contributed by atoms with van der Waals surface area (Å²) >= 11 is 0. The Morgan fingerprint density at radius 1 is 1.25 bits per heavy atom. The number of carbonyl (C=O) groups excluding carboxylic acids is 1. The van der Waals surface area contributed by atoms with Crippen LogP contribution in [0.25, 0.3) is 0 Å². The maximum atomic E-state index is 12.8. The number of rotatable bonds is 4. The zero-order chi connectivity index (χ0) is 17.1. The van der Waals surface area contributed by atoms with Crippen LogP contribution in [0.4, 0.5) is 5.69 Å². The molecule has 0 N–H and O–H groups in total. The van der Waals surface area contributed by atoms with Crippen molar-refractivity contribution in [1.29, 1.82) is 0 Å². The Hall–Kier alpha value is -2.89. The van der Waals surface area contributed by atoms with Crippen LogP contribution in [0.5, 0.6) is 5.75 Å². The number of ether oxygens (including phenoxy) is 1. The molecule has 1 unspecified atom stereocenters. The number of nitrogens with zero attached hydrogens (tertiary/aromatic N) is 2. The van der Waals surface area contributed by atoms with E-state index in [1.165, 1.54) is 12.1 Å². The number of hydrogen-bond acceptors (Lipinski definition) is 4. The van der Waals surface area contributed by atoms with Crippen molar-refractivity contribution in [2.75, 3.05) is 13.7 Å². The third-order valence-electron chi connectivity index (χ3n) is 4.30. The zero-order valence-corrected chi connectivity index (χ0v) is 13.3. The molecule has 0 aliphatic carbocycles. The number of nitro benzene ring substituents is 1. The molecule has 0 bridgehead atoms. The van der Waals surface area contributed by atoms with Crippen LogP contribution in [-0.2, 0) is 0 Å². The molecular formula is C18H18N2O4. The van der Waals surface area contributed by atoms with Gasteiger partial charge in [0.2, 0.25) is 0 Å². The van der Waals surface area contributed by atoms with Gasteiger partial charge in [-0.1, -0.05) is 18.2 Å². The quantitative estimate of drug-likeness (QED) is 0.636. The van der Waals surface area contributed by atoms with Gasteiger partial charge < -0.3 is 9.64 Å². The second-order valence-corrected chi connectivity index (χ2v) is 5.74. The van der Waals surface area contributed by atoms with Gasteiger partial charge in [-0.3, -0.25) is 14.9 Å². The van der Waals surface area contributed by atoms with Crippen molar-refractivity contribution >= 4 is 11.6 Å². The van der Waals surface area contributed by atoms with E-state index in [2.05, 4.69) is 0 Å². The maximum absolute atomic E-state index is 12.8. The smallest absolute Gasteiger partial charge is 0.270 e. The van der Waals surface area contributed by atoms with Crippen molar-refractivity contribution < 1.29 is 14.5 Å². The van der Waals surface area contributed by atoms with Crippen molar-refractivity contribution in [1.82, 2.24) is 4.90 Å². The number of amides is 1. The molecule has 3 rings (SSSR count). The average Bonchev–Trinajstić information content (AvgIpc) is 3.11. The molecule has 1 saturated heterocycles. The van der Waals surface area contributed by atoms with Crippen LogP contribution >= 0.6 is 0 Å². The number of carbonyl (C=O) groups is 1. The first-order valence-corrected chi connectivity index (χ1v) is 7.79. The van der Waals surface area contributed by atoms with Crippen LogP contribution in [0.15, 0.2) is 48.5 Å². The topological polar surface area (TPSA) is 72.7 Å². The summed E-state index contributed by atoms with van der Waals surface area (Å²) in [5.41, 5.74) is 1.29. The van der Waals surface area contributed by atoms with Crippen LogP contribution in [0.3, 0.4) is 0 Å². The minimum atomic E-state index is -0.486. The standard InChI is InChI=1S/C18H18N2O4/c1-24-16-8-3-5-13(12-16)17-9-4-10-19(17)18(21)14-6-2-7-15(11-14)20(22)23/h2-3,5-8,11-12,17H,4,9-10H2,1H3. The van der Waals surface area contributed by atoms with Crippen LogP contribution in [0.2, 0.25) is 0 Å². The molecule has 0 radical (unpaired) electrons. The number of methoxy groups -OCH3 is 1. The van der Waals surface area contributed by atoms with Crippen molar-refractivity contribution in [2.45, 2.75) is 18.9 Å². The Balaban J connectivity index is 1.88. The fourth-order valence-corrected chi connectivity index (χ4v) is 3.12. The molecule has 1 amide bonds. The fourth-order valence-electron chi connectivity index (χ4n) is 3.12. The molecule has 1 aliphatic rings. The van der Waals surface area contributed by atoms with E-state index in [1.807, 2.05) is 24.3 Å². The lowest BCUT2D eigenvalue weighted by Crippen LogP contribution is -2.30. The zero-order valence-electron chi connectivity index (χ0n) is 13.3. The molecule has 2 aromatic carbocycles. The molecule has 124 valence electrons. The maximum Gasteiger partial charge on any atom is 0.270 e. The Morgan fingerprint density at radius 3 is 2.79 bits per heavy atom. The SMILES string of the molecule is COc1cccc(C2CCCN2C(=O)c2cccc([N+](=O)[O-])c2)c1. The molecule has 1 atom stereocenters. The summed E-state index contributed by atoms with van der Waals surface area (Å²) in [5.74, 6) is 0.575. The second kappa shape index (κ2) is 6.70. The van der Waals surface area contributed by atoms with Gasteiger partial charge in [0.25, 0.3) is 11.6 Å². The third kappa shape index (κ3) is 3.08. The largest absolute Gasteiger partial charge is 0.497 e. The highest BCUT2D eigenvalue weighted by Gasteiger charge is 2.31.